The Labute approximate surface area is 338 Å². The standard InChI is InChI=1S/C53H32N4S/c1-3-12-35(13-4-1)45-32-46(36-14-5-2-6-15-36)56-53(55-45)52-51-44-30-38(23-26-49(44)58-50(51)27-28-54-52)37-22-25-48-43(29-37)41-17-9-10-18-47(41)57(48)39-24-21-34-20-19-33-11-7-8-16-40(33)42(34)31-39/h1-32H. The van der Waals surface area contributed by atoms with Gasteiger partial charge >= 0.3 is 0 Å². The molecular formula is C53H32N4S. The van der Waals surface area contributed by atoms with Gasteiger partial charge in [0.15, 0.2) is 5.82 Å². The van der Waals surface area contributed by atoms with E-state index in [-0.39, 0.29) is 0 Å². The Hall–Kier alpha value is -7.47. The Morgan fingerprint density at radius 2 is 1.02 bits per heavy atom. The predicted octanol–water partition coefficient (Wildman–Crippen LogP) is 14.3. The van der Waals surface area contributed by atoms with Crippen molar-refractivity contribution < 1.29 is 0 Å². The van der Waals surface area contributed by atoms with Crippen molar-refractivity contribution in [3.05, 3.63) is 194 Å². The van der Waals surface area contributed by atoms with E-state index in [1.165, 1.54) is 53.6 Å². The lowest BCUT2D eigenvalue weighted by Crippen LogP contribution is -1.97. The van der Waals surface area contributed by atoms with Gasteiger partial charge in [0.05, 0.1) is 22.4 Å². The summed E-state index contributed by atoms with van der Waals surface area (Å²) < 4.78 is 4.78. The number of benzene rings is 8. The maximum Gasteiger partial charge on any atom is 0.179 e. The van der Waals surface area contributed by atoms with E-state index in [0.717, 1.165) is 54.9 Å². The van der Waals surface area contributed by atoms with Gasteiger partial charge in [0.1, 0.15) is 5.69 Å². The lowest BCUT2D eigenvalue weighted by molar-refractivity contribution is 1.16. The first kappa shape index (κ1) is 32.7. The predicted molar refractivity (Wildman–Crippen MR) is 244 cm³/mol. The molecule has 0 spiro atoms. The second-order valence-corrected chi connectivity index (χ2v) is 15.9. The highest BCUT2D eigenvalue weighted by Crippen LogP contribution is 2.42. The van der Waals surface area contributed by atoms with E-state index in [9.17, 15) is 0 Å². The minimum atomic E-state index is 0.617. The van der Waals surface area contributed by atoms with Crippen molar-refractivity contribution in [2.24, 2.45) is 0 Å². The number of thiophene rings is 1. The van der Waals surface area contributed by atoms with Crippen LogP contribution in [0.15, 0.2) is 194 Å². The number of rotatable bonds is 5. The Morgan fingerprint density at radius 3 is 1.79 bits per heavy atom. The summed E-state index contributed by atoms with van der Waals surface area (Å²) in [6.07, 6.45) is 1.89. The second-order valence-electron chi connectivity index (χ2n) is 14.8. The highest BCUT2D eigenvalue weighted by Gasteiger charge is 2.19. The normalized spacial score (nSPS) is 11.8. The van der Waals surface area contributed by atoms with Crippen molar-refractivity contribution >= 4 is 74.9 Å². The van der Waals surface area contributed by atoms with Gasteiger partial charge in [-0.2, -0.15) is 0 Å². The second kappa shape index (κ2) is 13.1. The van der Waals surface area contributed by atoms with Gasteiger partial charge in [-0.25, -0.2) is 9.97 Å². The van der Waals surface area contributed by atoms with Crippen LogP contribution in [0.2, 0.25) is 0 Å². The van der Waals surface area contributed by atoms with E-state index >= 15 is 0 Å². The molecule has 0 radical (unpaired) electrons. The number of hydrogen-bond acceptors (Lipinski definition) is 4. The average Bonchev–Trinajstić information content (AvgIpc) is 3.84. The fraction of sp³-hybridized carbons (Fsp3) is 0. The molecule has 4 aromatic heterocycles. The zero-order chi connectivity index (χ0) is 38.2. The smallest absolute Gasteiger partial charge is 0.179 e. The van der Waals surface area contributed by atoms with Crippen LogP contribution in [0.25, 0.3) is 114 Å². The first-order chi connectivity index (χ1) is 28.7. The van der Waals surface area contributed by atoms with E-state index in [4.69, 9.17) is 15.0 Å². The Bertz CT molecular complexity index is 3510. The van der Waals surface area contributed by atoms with E-state index in [1.807, 2.05) is 42.6 Å². The van der Waals surface area contributed by atoms with E-state index < -0.39 is 0 Å². The van der Waals surface area contributed by atoms with Gasteiger partial charge in [0, 0.05) is 54.0 Å². The van der Waals surface area contributed by atoms with Gasteiger partial charge < -0.3 is 4.57 Å². The Balaban J connectivity index is 1.02. The van der Waals surface area contributed by atoms with Crippen LogP contribution in [-0.4, -0.2) is 19.5 Å². The number of hydrogen-bond donors (Lipinski definition) is 0. The molecule has 0 saturated heterocycles. The molecule has 0 amide bonds. The topological polar surface area (TPSA) is 43.6 Å². The SMILES string of the molecule is c1ccc(-c2cc(-c3ccccc3)nc(-c3nccc4sc5ccc(-c6ccc7c(c6)c6ccccc6n7-c6ccc7ccc8ccccc8c7c6)cc5c34)n2)cc1. The highest BCUT2D eigenvalue weighted by molar-refractivity contribution is 7.25. The van der Waals surface area contributed by atoms with Crippen LogP contribution in [0.3, 0.4) is 0 Å². The molecule has 12 aromatic rings. The summed E-state index contributed by atoms with van der Waals surface area (Å²) in [6.45, 7) is 0. The third kappa shape index (κ3) is 5.25. The number of fused-ring (bicyclic) bond motifs is 9. The van der Waals surface area contributed by atoms with Crippen molar-refractivity contribution in [2.75, 3.05) is 0 Å². The third-order valence-electron chi connectivity index (χ3n) is 11.5. The van der Waals surface area contributed by atoms with Crippen LogP contribution >= 0.6 is 11.3 Å². The molecule has 12 rings (SSSR count). The summed E-state index contributed by atoms with van der Waals surface area (Å²) in [5.41, 5.74) is 10.5. The van der Waals surface area contributed by atoms with Gasteiger partial charge in [0.2, 0.25) is 0 Å². The zero-order valence-electron chi connectivity index (χ0n) is 31.2. The molecule has 0 unspecified atom stereocenters. The van der Waals surface area contributed by atoms with Gasteiger partial charge in [-0.3, -0.25) is 4.98 Å². The molecule has 5 heteroatoms. The fourth-order valence-electron chi connectivity index (χ4n) is 8.70. The molecule has 4 heterocycles. The Kier molecular flexibility index (Phi) is 7.37. The van der Waals surface area contributed by atoms with E-state index in [1.54, 1.807) is 11.3 Å². The van der Waals surface area contributed by atoms with Gasteiger partial charge in [-0.05, 0) is 87.3 Å². The molecule has 0 N–H and O–H groups in total. The maximum absolute atomic E-state index is 5.17. The molecule has 58 heavy (non-hydrogen) atoms. The van der Waals surface area contributed by atoms with Crippen molar-refractivity contribution in [3.63, 3.8) is 0 Å². The quantitative estimate of drug-likeness (QED) is 0.164. The van der Waals surface area contributed by atoms with Crippen molar-refractivity contribution in [1.29, 1.82) is 0 Å². The summed E-state index contributed by atoms with van der Waals surface area (Å²) in [5, 5.41) is 9.72. The first-order valence-electron chi connectivity index (χ1n) is 19.5. The molecule has 0 atom stereocenters. The molecule has 4 nitrogen and oxygen atoms in total. The molecule has 0 bridgehead atoms. The summed E-state index contributed by atoms with van der Waals surface area (Å²) >= 11 is 1.78. The zero-order valence-corrected chi connectivity index (χ0v) is 32.0. The van der Waals surface area contributed by atoms with Crippen LogP contribution in [0.4, 0.5) is 0 Å². The summed E-state index contributed by atoms with van der Waals surface area (Å²) in [4.78, 5) is 15.3. The van der Waals surface area contributed by atoms with Gasteiger partial charge in [-0.15, -0.1) is 11.3 Å². The number of para-hydroxylation sites is 1. The summed E-state index contributed by atoms with van der Waals surface area (Å²) in [5.74, 6) is 0.617. The van der Waals surface area contributed by atoms with Crippen LogP contribution in [0.1, 0.15) is 0 Å². The number of nitrogens with zero attached hydrogens (tertiary/aromatic N) is 4. The molecule has 0 aliphatic carbocycles. The lowest BCUT2D eigenvalue weighted by Gasteiger charge is -2.11. The molecule has 0 saturated carbocycles. The third-order valence-corrected chi connectivity index (χ3v) is 12.6. The minimum Gasteiger partial charge on any atom is -0.309 e. The number of pyridine rings is 1. The van der Waals surface area contributed by atoms with Crippen LogP contribution < -0.4 is 0 Å². The molecule has 0 aliphatic rings. The van der Waals surface area contributed by atoms with Gasteiger partial charge in [-0.1, -0.05) is 133 Å². The largest absolute Gasteiger partial charge is 0.309 e. The van der Waals surface area contributed by atoms with E-state index in [0.29, 0.717) is 5.82 Å². The van der Waals surface area contributed by atoms with E-state index in [2.05, 4.69) is 156 Å². The molecule has 8 aromatic carbocycles. The molecular weight excluding hydrogens is 725 g/mol. The Morgan fingerprint density at radius 1 is 0.397 bits per heavy atom. The van der Waals surface area contributed by atoms with Crippen molar-refractivity contribution in [3.8, 4) is 50.8 Å². The fourth-order valence-corrected chi connectivity index (χ4v) is 9.78. The average molecular weight is 757 g/mol. The highest BCUT2D eigenvalue weighted by atomic mass is 32.1. The van der Waals surface area contributed by atoms with Crippen molar-refractivity contribution in [1.82, 2.24) is 19.5 Å². The number of aromatic nitrogens is 4. The summed E-state index contributed by atoms with van der Waals surface area (Å²) in [7, 11) is 0. The van der Waals surface area contributed by atoms with Gasteiger partial charge in [0.25, 0.3) is 0 Å². The molecule has 0 aliphatic heterocycles. The minimum absolute atomic E-state index is 0.617. The van der Waals surface area contributed by atoms with Crippen molar-refractivity contribution in [2.45, 2.75) is 0 Å². The molecule has 270 valence electrons. The first-order valence-corrected chi connectivity index (χ1v) is 20.3. The monoisotopic (exact) mass is 756 g/mol. The van der Waals surface area contributed by atoms with Crippen LogP contribution in [0, 0.1) is 0 Å². The summed E-state index contributed by atoms with van der Waals surface area (Å²) in [6, 6.07) is 67.3. The van der Waals surface area contributed by atoms with Crippen LogP contribution in [0.5, 0.6) is 0 Å². The maximum atomic E-state index is 5.17. The van der Waals surface area contributed by atoms with Crippen LogP contribution in [-0.2, 0) is 0 Å². The molecule has 0 fully saturated rings. The lowest BCUT2D eigenvalue weighted by atomic mass is 10.00.